The molecule has 0 bridgehead atoms. The van der Waals surface area contributed by atoms with Gasteiger partial charge in [0.25, 0.3) is 0 Å². The lowest BCUT2D eigenvalue weighted by molar-refractivity contribution is 0.278. The molecule has 3 atom stereocenters. The highest BCUT2D eigenvalue weighted by Crippen LogP contribution is 2.47. The van der Waals surface area contributed by atoms with Crippen LogP contribution in [0.4, 0.5) is 0 Å². The fraction of sp³-hybridized carbons (Fsp3) is 0.625. The first-order chi connectivity index (χ1) is 8.58. The molecule has 1 saturated heterocycles. The Morgan fingerprint density at radius 1 is 1.22 bits per heavy atom. The van der Waals surface area contributed by atoms with Gasteiger partial charge in [-0.25, -0.2) is 0 Å². The highest BCUT2D eigenvalue weighted by atomic mass is 15.0. The van der Waals surface area contributed by atoms with Crippen molar-refractivity contribution < 1.29 is 0 Å². The van der Waals surface area contributed by atoms with Crippen molar-refractivity contribution in [3.63, 3.8) is 0 Å². The van der Waals surface area contributed by atoms with Gasteiger partial charge >= 0.3 is 0 Å². The average molecular weight is 244 g/mol. The Kier molecular flexibility index (Phi) is 2.95. The van der Waals surface area contributed by atoms with Gasteiger partial charge in [-0.1, -0.05) is 38.1 Å². The third kappa shape index (κ3) is 2.19. The third-order valence-electron chi connectivity index (χ3n) is 4.81. The summed E-state index contributed by atoms with van der Waals surface area (Å²) in [6, 6.07) is 10.1. The molecule has 1 aliphatic heterocycles. The van der Waals surface area contributed by atoms with Crippen molar-refractivity contribution >= 4 is 0 Å². The number of hydrogen-bond donors (Lipinski definition) is 2. The summed E-state index contributed by atoms with van der Waals surface area (Å²) in [5.41, 5.74) is 9.40. The predicted molar refractivity (Wildman–Crippen MR) is 75.5 cm³/mol. The standard InChI is InChI=1S/C16H24N2/c1-11-9-14(17)10-18-15(11)12-3-5-13(6-4-12)16(2)7-8-16/h3-6,11,14-15,18H,7-10,17H2,1-2H3. The van der Waals surface area contributed by atoms with Crippen molar-refractivity contribution in [1.82, 2.24) is 5.32 Å². The van der Waals surface area contributed by atoms with Crippen molar-refractivity contribution in [1.29, 1.82) is 0 Å². The summed E-state index contributed by atoms with van der Waals surface area (Å²) >= 11 is 0. The maximum absolute atomic E-state index is 5.99. The lowest BCUT2D eigenvalue weighted by atomic mass is 9.85. The summed E-state index contributed by atoms with van der Waals surface area (Å²) in [7, 11) is 0. The molecule has 1 aliphatic carbocycles. The third-order valence-corrected chi connectivity index (χ3v) is 4.81. The van der Waals surface area contributed by atoms with Crippen molar-refractivity contribution in [3.8, 4) is 0 Å². The molecule has 18 heavy (non-hydrogen) atoms. The van der Waals surface area contributed by atoms with Crippen molar-refractivity contribution in [2.45, 2.75) is 50.6 Å². The minimum absolute atomic E-state index is 0.320. The Morgan fingerprint density at radius 3 is 2.44 bits per heavy atom. The average Bonchev–Trinajstić information content (AvgIpc) is 3.09. The van der Waals surface area contributed by atoms with Gasteiger partial charge in [0.2, 0.25) is 0 Å². The van der Waals surface area contributed by atoms with E-state index in [1.54, 1.807) is 0 Å². The molecule has 0 spiro atoms. The molecular weight excluding hydrogens is 220 g/mol. The number of hydrogen-bond acceptors (Lipinski definition) is 2. The molecule has 2 heteroatoms. The van der Waals surface area contributed by atoms with Crippen LogP contribution >= 0.6 is 0 Å². The number of rotatable bonds is 2. The number of nitrogens with one attached hydrogen (secondary N) is 1. The number of nitrogens with two attached hydrogens (primary N) is 1. The first-order valence-electron chi connectivity index (χ1n) is 7.18. The zero-order valence-corrected chi connectivity index (χ0v) is 11.4. The molecule has 3 rings (SSSR count). The van der Waals surface area contributed by atoms with E-state index in [2.05, 4.69) is 43.4 Å². The van der Waals surface area contributed by atoms with E-state index in [4.69, 9.17) is 5.73 Å². The molecule has 1 aromatic rings. The van der Waals surface area contributed by atoms with Crippen LogP contribution in [-0.2, 0) is 5.41 Å². The Bertz CT molecular complexity index is 419. The van der Waals surface area contributed by atoms with E-state index in [1.165, 1.54) is 24.0 Å². The zero-order chi connectivity index (χ0) is 12.8. The van der Waals surface area contributed by atoms with Gasteiger partial charge in [0, 0.05) is 18.6 Å². The molecule has 3 unspecified atom stereocenters. The topological polar surface area (TPSA) is 38.0 Å². The van der Waals surface area contributed by atoms with Crippen LogP contribution < -0.4 is 11.1 Å². The van der Waals surface area contributed by atoms with Gasteiger partial charge in [-0.05, 0) is 41.7 Å². The molecule has 2 aliphatic rings. The van der Waals surface area contributed by atoms with Crippen LogP contribution in [0.1, 0.15) is 50.3 Å². The van der Waals surface area contributed by atoms with E-state index in [1.807, 2.05) is 0 Å². The minimum atomic E-state index is 0.320. The summed E-state index contributed by atoms with van der Waals surface area (Å²) in [5.74, 6) is 0.621. The largest absolute Gasteiger partial charge is 0.327 e. The first-order valence-corrected chi connectivity index (χ1v) is 7.18. The number of benzene rings is 1. The van der Waals surface area contributed by atoms with Crippen LogP contribution in [0.15, 0.2) is 24.3 Å². The van der Waals surface area contributed by atoms with Gasteiger partial charge in [-0.3, -0.25) is 0 Å². The van der Waals surface area contributed by atoms with Crippen LogP contribution in [0.3, 0.4) is 0 Å². The molecule has 2 nitrogen and oxygen atoms in total. The maximum Gasteiger partial charge on any atom is 0.0347 e. The van der Waals surface area contributed by atoms with Crippen LogP contribution in [0.2, 0.25) is 0 Å². The second kappa shape index (κ2) is 4.36. The van der Waals surface area contributed by atoms with Crippen LogP contribution in [0.25, 0.3) is 0 Å². The van der Waals surface area contributed by atoms with E-state index in [0.717, 1.165) is 13.0 Å². The second-order valence-corrected chi connectivity index (χ2v) is 6.54. The van der Waals surface area contributed by atoms with Gasteiger partial charge in [0.1, 0.15) is 0 Å². The summed E-state index contributed by atoms with van der Waals surface area (Å²) in [6.07, 6.45) is 3.82. The van der Waals surface area contributed by atoms with Crippen molar-refractivity contribution in [2.24, 2.45) is 11.7 Å². The molecular formula is C16H24N2. The number of piperidine rings is 1. The van der Waals surface area contributed by atoms with E-state index >= 15 is 0 Å². The summed E-state index contributed by atoms with van der Waals surface area (Å²) in [4.78, 5) is 0. The Hall–Kier alpha value is -0.860. The second-order valence-electron chi connectivity index (χ2n) is 6.54. The van der Waals surface area contributed by atoms with Crippen LogP contribution in [0, 0.1) is 5.92 Å². The van der Waals surface area contributed by atoms with Gasteiger partial charge in [-0.2, -0.15) is 0 Å². The lowest BCUT2D eigenvalue weighted by Gasteiger charge is -2.34. The van der Waals surface area contributed by atoms with Crippen molar-refractivity contribution in [2.75, 3.05) is 6.54 Å². The maximum atomic E-state index is 5.99. The highest BCUT2D eigenvalue weighted by molar-refractivity contribution is 5.34. The Balaban J connectivity index is 1.76. The fourth-order valence-electron chi connectivity index (χ4n) is 3.19. The van der Waals surface area contributed by atoms with Crippen LogP contribution in [-0.4, -0.2) is 12.6 Å². The molecule has 0 aromatic heterocycles. The monoisotopic (exact) mass is 244 g/mol. The van der Waals surface area contributed by atoms with E-state index < -0.39 is 0 Å². The SMILES string of the molecule is CC1CC(N)CNC1c1ccc(C2(C)CC2)cc1. The van der Waals surface area contributed by atoms with Crippen LogP contribution in [0.5, 0.6) is 0 Å². The van der Waals surface area contributed by atoms with E-state index in [-0.39, 0.29) is 0 Å². The highest BCUT2D eigenvalue weighted by Gasteiger charge is 2.38. The van der Waals surface area contributed by atoms with E-state index in [0.29, 0.717) is 23.4 Å². The summed E-state index contributed by atoms with van der Waals surface area (Å²) in [6.45, 7) is 5.60. The fourth-order valence-corrected chi connectivity index (χ4v) is 3.19. The van der Waals surface area contributed by atoms with Gasteiger partial charge in [0.05, 0.1) is 0 Å². The first kappa shape index (κ1) is 12.2. The molecule has 1 aromatic carbocycles. The lowest BCUT2D eigenvalue weighted by Crippen LogP contribution is -2.45. The quantitative estimate of drug-likeness (QED) is 0.839. The van der Waals surface area contributed by atoms with Gasteiger partial charge < -0.3 is 11.1 Å². The molecule has 1 heterocycles. The normalized spacial score (nSPS) is 34.3. The van der Waals surface area contributed by atoms with Gasteiger partial charge in [-0.15, -0.1) is 0 Å². The molecule has 0 radical (unpaired) electrons. The smallest absolute Gasteiger partial charge is 0.0347 e. The Morgan fingerprint density at radius 2 is 1.89 bits per heavy atom. The molecule has 0 amide bonds. The molecule has 98 valence electrons. The zero-order valence-electron chi connectivity index (χ0n) is 11.4. The molecule has 3 N–H and O–H groups in total. The van der Waals surface area contributed by atoms with E-state index in [9.17, 15) is 0 Å². The Labute approximate surface area is 110 Å². The minimum Gasteiger partial charge on any atom is -0.327 e. The van der Waals surface area contributed by atoms with Crippen molar-refractivity contribution in [3.05, 3.63) is 35.4 Å². The molecule has 1 saturated carbocycles. The van der Waals surface area contributed by atoms with Gasteiger partial charge in [0.15, 0.2) is 0 Å². The summed E-state index contributed by atoms with van der Waals surface area (Å²) in [5, 5.41) is 3.58. The summed E-state index contributed by atoms with van der Waals surface area (Å²) < 4.78 is 0. The molecule has 2 fully saturated rings. The predicted octanol–water partition coefficient (Wildman–Crippen LogP) is 2.74.